The van der Waals surface area contributed by atoms with E-state index in [9.17, 15) is 34.8 Å². The second-order valence-corrected chi connectivity index (χ2v) is 18.0. The number of hydrogen-bond acceptors (Lipinski definition) is 14. The van der Waals surface area contributed by atoms with Gasteiger partial charge in [-0.25, -0.2) is 4.99 Å². The average molecular weight is 847 g/mol. The van der Waals surface area contributed by atoms with E-state index in [4.69, 9.17) is 23.9 Å². The van der Waals surface area contributed by atoms with Gasteiger partial charge in [0.25, 0.3) is 11.7 Å². The summed E-state index contributed by atoms with van der Waals surface area (Å²) in [6.07, 6.45) is 5.07. The molecule has 9 atom stereocenters. The van der Waals surface area contributed by atoms with Crippen LogP contribution in [0.15, 0.2) is 46.1 Å². The van der Waals surface area contributed by atoms with Crippen molar-refractivity contribution >= 4 is 34.1 Å². The Hall–Kier alpha value is -4.83. The van der Waals surface area contributed by atoms with Gasteiger partial charge in [0.15, 0.2) is 5.75 Å². The molecule has 5 N–H and O–H groups in total. The van der Waals surface area contributed by atoms with Gasteiger partial charge in [-0.05, 0) is 25.8 Å². The Morgan fingerprint density at radius 2 is 1.66 bits per heavy atom. The fourth-order valence-corrected chi connectivity index (χ4v) is 9.24. The van der Waals surface area contributed by atoms with Gasteiger partial charge < -0.3 is 49.6 Å². The Morgan fingerprint density at radius 3 is 2.28 bits per heavy atom. The van der Waals surface area contributed by atoms with Crippen LogP contribution < -0.4 is 20.8 Å². The maximum atomic E-state index is 14.7. The summed E-state index contributed by atoms with van der Waals surface area (Å²) in [4.78, 5) is 52.9. The molecule has 332 valence electrons. The molecule has 6 rings (SSSR count). The van der Waals surface area contributed by atoms with Crippen molar-refractivity contribution in [3.63, 3.8) is 0 Å². The Bertz CT molecular complexity index is 2300. The molecule has 4 aliphatic rings. The molecule has 4 bridgehead atoms. The predicted molar refractivity (Wildman–Crippen MR) is 228 cm³/mol. The van der Waals surface area contributed by atoms with Gasteiger partial charge in [-0.2, -0.15) is 0 Å². The monoisotopic (exact) mass is 846 g/mol. The van der Waals surface area contributed by atoms with Crippen LogP contribution >= 0.6 is 0 Å². The van der Waals surface area contributed by atoms with Crippen molar-refractivity contribution in [3.8, 4) is 17.2 Å². The van der Waals surface area contributed by atoms with Gasteiger partial charge in [-0.1, -0.05) is 59.8 Å². The van der Waals surface area contributed by atoms with E-state index in [2.05, 4.69) is 29.1 Å². The largest absolute Gasteiger partial charge is 0.507 e. The van der Waals surface area contributed by atoms with Gasteiger partial charge >= 0.3 is 11.8 Å². The topological polar surface area (TPSA) is 209 Å². The minimum Gasteiger partial charge on any atom is -0.507 e. The highest BCUT2D eigenvalue weighted by Gasteiger charge is 2.51. The summed E-state index contributed by atoms with van der Waals surface area (Å²) < 4.78 is 24.0. The number of nitrogens with zero attached hydrogens (tertiary/aromatic N) is 3. The van der Waals surface area contributed by atoms with E-state index >= 15 is 0 Å². The molecule has 15 nitrogen and oxygen atoms in total. The maximum absolute atomic E-state index is 14.7. The number of carbonyl (C=O) groups excluding carboxylic acids is 3. The molecule has 2 aromatic carbocycles. The van der Waals surface area contributed by atoms with Crippen LogP contribution in [0.4, 0.5) is 5.69 Å². The van der Waals surface area contributed by atoms with Crippen molar-refractivity contribution in [1.82, 2.24) is 4.90 Å². The Morgan fingerprint density at radius 1 is 0.984 bits per heavy atom. The van der Waals surface area contributed by atoms with Crippen LogP contribution in [0.1, 0.15) is 91.1 Å². The van der Waals surface area contributed by atoms with Gasteiger partial charge in [0, 0.05) is 93.6 Å². The lowest BCUT2D eigenvalue weighted by atomic mass is 9.78. The van der Waals surface area contributed by atoms with E-state index in [0.717, 1.165) is 19.6 Å². The summed E-state index contributed by atoms with van der Waals surface area (Å²) in [5.74, 6) is -6.57. The fourth-order valence-electron chi connectivity index (χ4n) is 9.24. The number of rotatable bonds is 4. The normalized spacial score (nSPS) is 32.7. The molecule has 1 amide bonds. The average Bonchev–Trinajstić information content (AvgIpc) is 3.71. The number of aromatic hydroxyl groups is 2. The number of hydrogen-bond donors (Lipinski definition) is 5. The highest BCUT2D eigenvalue weighted by Crippen LogP contribution is 2.51. The van der Waals surface area contributed by atoms with Crippen molar-refractivity contribution < 1.29 is 53.8 Å². The lowest BCUT2D eigenvalue weighted by Crippen LogP contribution is -2.47. The number of esters is 1. The highest BCUT2D eigenvalue weighted by molar-refractivity contribution is 6.21. The number of ether oxygens (including phenoxy) is 4. The zero-order valence-corrected chi connectivity index (χ0v) is 37.1. The number of phenolic OH excluding ortho intramolecular Hbond substituents is 2. The minimum absolute atomic E-state index is 0.0538. The number of anilines is 1. The summed E-state index contributed by atoms with van der Waals surface area (Å²) in [6.45, 7) is 19.6. The molecule has 2 aromatic rings. The molecule has 0 aromatic heterocycles. The Balaban J connectivity index is 1.55. The molecule has 4 heterocycles. The second kappa shape index (κ2) is 17.5. The molecular weight excluding hydrogens is 785 g/mol. The second-order valence-electron chi connectivity index (χ2n) is 18.0. The lowest BCUT2D eigenvalue weighted by Gasteiger charge is -2.38. The minimum atomic E-state index is -1.95. The number of allylic oxidation sites excluding steroid dienone is 2. The number of methoxy groups -OCH3 is 1. The molecule has 1 spiro atoms. The van der Waals surface area contributed by atoms with Gasteiger partial charge in [-0.15, -0.1) is 0 Å². The molecule has 4 aliphatic heterocycles. The summed E-state index contributed by atoms with van der Waals surface area (Å²) in [5, 5.41) is 50.5. The summed E-state index contributed by atoms with van der Waals surface area (Å²) >= 11 is 0. The third kappa shape index (κ3) is 8.54. The first-order valence-corrected chi connectivity index (χ1v) is 21.2. The van der Waals surface area contributed by atoms with Gasteiger partial charge in [0.05, 0.1) is 41.2 Å². The first kappa shape index (κ1) is 45.7. The van der Waals surface area contributed by atoms with Crippen molar-refractivity contribution in [1.29, 1.82) is 0 Å². The molecule has 0 radical (unpaired) electrons. The summed E-state index contributed by atoms with van der Waals surface area (Å²) in [6, 6.07) is 0. The van der Waals surface area contributed by atoms with Gasteiger partial charge in [-0.3, -0.25) is 19.4 Å². The van der Waals surface area contributed by atoms with Gasteiger partial charge in [0.1, 0.15) is 34.0 Å². The molecule has 1 saturated heterocycles. The van der Waals surface area contributed by atoms with Crippen LogP contribution in [0.3, 0.4) is 0 Å². The number of benzene rings is 2. The fraction of sp³-hybridized carbons (Fsp3) is 0.587. The predicted octanol–water partition coefficient (Wildman–Crippen LogP) is 4.75. The van der Waals surface area contributed by atoms with E-state index in [1.807, 2.05) is 0 Å². The maximum Gasteiger partial charge on any atom is 0.312 e. The molecule has 0 unspecified atom stereocenters. The number of aliphatic hydroxyl groups excluding tert-OH is 2. The first-order valence-electron chi connectivity index (χ1n) is 21.2. The third-order valence-electron chi connectivity index (χ3n) is 12.9. The molecule has 0 saturated carbocycles. The summed E-state index contributed by atoms with van der Waals surface area (Å²) in [5.41, 5.74) is -0.111. The number of fused-ring (bicyclic) bond motifs is 1. The quantitative estimate of drug-likeness (QED) is 0.208. The van der Waals surface area contributed by atoms with Crippen LogP contribution in [-0.2, 0) is 23.8 Å². The number of piperidine rings is 1. The van der Waals surface area contributed by atoms with Crippen LogP contribution in [0.5, 0.6) is 17.2 Å². The SMILES string of the molecule is CO[C@@H]1/C=C\O[C@@]2(C)Oc3c(C)c(O)c4c(O)c(c5c(c4c3C2=O)NC2(CCN(CC(C)C)CC2)N=5)=NC(=O)/C(C)=C\C=C/[C@H](C)[C@H](O)[C@H](C)[C@H](O)[C@H](C)[C@@H](OC(C)=O)[C@@H]1C. The Labute approximate surface area is 356 Å². The van der Waals surface area contributed by atoms with Crippen molar-refractivity contribution in [3.05, 3.63) is 58.0 Å². The molecule has 0 aliphatic carbocycles. The highest BCUT2D eigenvalue weighted by atomic mass is 16.7. The van der Waals surface area contributed by atoms with E-state index in [1.54, 1.807) is 65.8 Å². The third-order valence-corrected chi connectivity index (χ3v) is 12.9. The van der Waals surface area contributed by atoms with E-state index < -0.39 is 82.9 Å². The number of carbonyl (C=O) groups is 3. The number of amides is 1. The number of nitrogens with one attached hydrogen (secondary N) is 1. The van der Waals surface area contributed by atoms with E-state index in [0.29, 0.717) is 24.4 Å². The van der Waals surface area contributed by atoms with Crippen LogP contribution in [0.25, 0.3) is 10.8 Å². The van der Waals surface area contributed by atoms with Crippen molar-refractivity contribution in [2.75, 3.05) is 32.1 Å². The number of ketones is 1. The standard InChI is InChI=1S/C46H62N4O11/c1-22(2)21-50-18-16-46(17-19-50)48-34-31-32-39(54)28(8)42-33(31)43(56)45(10,61-42)59-20-15-30(58-11)25(5)41(60-29(9)51)27(7)38(53)26(6)37(52)23(3)13-12-14-24(4)44(57)47-36(40(32)55)35(34)49-46/h12-15,20,22-23,25-27,30,37-38,41,48,52-55H,16-19,21H2,1-11H3/b13-12-,20-15-,24-14-,47-36?/t23-,25+,26-,27-,30+,37-,38-,41-,45-/m0/s1. The van der Waals surface area contributed by atoms with Crippen LogP contribution in [0, 0.1) is 36.5 Å². The number of aliphatic hydroxyl groups is 2. The smallest absolute Gasteiger partial charge is 0.312 e. The number of likely N-dealkylation sites (tertiary alicyclic amines) is 1. The van der Waals surface area contributed by atoms with Crippen molar-refractivity contribution in [2.45, 2.75) is 118 Å². The molecular formula is C46H62N4O11. The summed E-state index contributed by atoms with van der Waals surface area (Å²) in [7, 11) is 1.47. The Kier molecular flexibility index (Phi) is 13.1. The van der Waals surface area contributed by atoms with E-state index in [1.165, 1.54) is 27.2 Å². The molecule has 1 fully saturated rings. The molecule has 61 heavy (non-hydrogen) atoms. The zero-order valence-electron chi connectivity index (χ0n) is 37.1. The number of phenols is 2. The first-order chi connectivity index (χ1) is 28.6. The number of Topliss-reactive ketones (excluding diaryl/α,β-unsaturated/α-hetero) is 1. The molecule has 15 heteroatoms. The van der Waals surface area contributed by atoms with Crippen LogP contribution in [-0.4, -0.2) is 106 Å². The van der Waals surface area contributed by atoms with Gasteiger partial charge in [0.2, 0.25) is 0 Å². The van der Waals surface area contributed by atoms with E-state index in [-0.39, 0.29) is 49.7 Å². The lowest BCUT2D eigenvalue weighted by molar-refractivity contribution is -0.160. The van der Waals surface area contributed by atoms with Crippen LogP contribution in [0.2, 0.25) is 0 Å². The van der Waals surface area contributed by atoms with Crippen molar-refractivity contribution in [2.24, 2.45) is 39.6 Å². The zero-order chi connectivity index (χ0) is 44.9.